The Balaban J connectivity index is 1.53. The van der Waals surface area contributed by atoms with Gasteiger partial charge in [0.25, 0.3) is 0 Å². The molecule has 0 unspecified atom stereocenters. The molecule has 2 aromatic carbocycles. The fourth-order valence-electron chi connectivity index (χ4n) is 3.82. The van der Waals surface area contributed by atoms with Gasteiger partial charge in [0.1, 0.15) is 0 Å². The lowest BCUT2D eigenvalue weighted by Gasteiger charge is -2.10. The first-order valence-electron chi connectivity index (χ1n) is 10.1. The van der Waals surface area contributed by atoms with Crippen LogP contribution in [0.15, 0.2) is 66.9 Å². The standard InChI is InChI=1S/C25H26N2/c1-2-3-9-20-13-8-17-26-23(20)15-6-11-19-12-7-16-25-22(19)18-21-10-4-5-14-24(21)27-25/h4-5,7-8,10,12-14,16-18H,2-3,6,9,11,15H2,1H3. The molecule has 2 nitrogen and oxygen atoms in total. The number of rotatable bonds is 7. The number of benzene rings is 2. The molecule has 4 aromatic rings. The lowest BCUT2D eigenvalue weighted by Crippen LogP contribution is -1.99. The second-order valence-corrected chi connectivity index (χ2v) is 7.23. The molecular formula is C25H26N2. The molecule has 0 fully saturated rings. The molecule has 136 valence electrons. The van der Waals surface area contributed by atoms with Crippen LogP contribution in [0.4, 0.5) is 0 Å². The van der Waals surface area contributed by atoms with Crippen molar-refractivity contribution in [2.24, 2.45) is 0 Å². The third-order valence-electron chi connectivity index (χ3n) is 5.29. The van der Waals surface area contributed by atoms with E-state index in [-0.39, 0.29) is 0 Å². The van der Waals surface area contributed by atoms with Crippen molar-refractivity contribution in [2.45, 2.75) is 45.4 Å². The summed E-state index contributed by atoms with van der Waals surface area (Å²) in [7, 11) is 0. The molecule has 0 bridgehead atoms. The minimum absolute atomic E-state index is 1.04. The van der Waals surface area contributed by atoms with Crippen LogP contribution in [-0.2, 0) is 19.3 Å². The van der Waals surface area contributed by atoms with Crippen LogP contribution < -0.4 is 0 Å². The molecule has 0 atom stereocenters. The van der Waals surface area contributed by atoms with Gasteiger partial charge < -0.3 is 0 Å². The minimum atomic E-state index is 1.04. The summed E-state index contributed by atoms with van der Waals surface area (Å²) in [5.41, 5.74) is 6.24. The zero-order valence-electron chi connectivity index (χ0n) is 16.0. The molecule has 2 heterocycles. The fraction of sp³-hybridized carbons (Fsp3) is 0.280. The Labute approximate surface area is 161 Å². The van der Waals surface area contributed by atoms with Crippen molar-refractivity contribution in [3.8, 4) is 0 Å². The van der Waals surface area contributed by atoms with Crippen molar-refractivity contribution in [3.63, 3.8) is 0 Å². The summed E-state index contributed by atoms with van der Waals surface area (Å²) >= 11 is 0. The highest BCUT2D eigenvalue weighted by atomic mass is 14.7. The predicted octanol–water partition coefficient (Wildman–Crippen LogP) is 6.30. The monoisotopic (exact) mass is 354 g/mol. The van der Waals surface area contributed by atoms with Crippen LogP contribution in [0.5, 0.6) is 0 Å². The van der Waals surface area contributed by atoms with Crippen molar-refractivity contribution >= 4 is 21.8 Å². The van der Waals surface area contributed by atoms with Crippen molar-refractivity contribution in [1.82, 2.24) is 9.97 Å². The normalized spacial score (nSPS) is 11.3. The first-order valence-corrected chi connectivity index (χ1v) is 10.1. The van der Waals surface area contributed by atoms with Gasteiger partial charge in [0.2, 0.25) is 0 Å². The maximum atomic E-state index is 4.84. The molecule has 0 radical (unpaired) electrons. The van der Waals surface area contributed by atoms with Crippen molar-refractivity contribution in [1.29, 1.82) is 0 Å². The fourth-order valence-corrected chi connectivity index (χ4v) is 3.82. The molecule has 4 rings (SSSR count). The Morgan fingerprint density at radius 2 is 1.56 bits per heavy atom. The predicted molar refractivity (Wildman–Crippen MR) is 114 cm³/mol. The van der Waals surface area contributed by atoms with Crippen LogP contribution in [0.25, 0.3) is 21.8 Å². The summed E-state index contributed by atoms with van der Waals surface area (Å²) < 4.78 is 0. The molecule has 27 heavy (non-hydrogen) atoms. The number of hydrogen-bond acceptors (Lipinski definition) is 2. The van der Waals surface area contributed by atoms with Crippen LogP contribution in [0.2, 0.25) is 0 Å². The lowest BCUT2D eigenvalue weighted by molar-refractivity contribution is 0.752. The maximum absolute atomic E-state index is 4.84. The first-order chi connectivity index (χ1) is 13.3. The molecule has 2 heteroatoms. The Bertz CT molecular complexity index is 1050. The first kappa shape index (κ1) is 17.7. The third kappa shape index (κ3) is 4.00. The van der Waals surface area contributed by atoms with E-state index in [0.29, 0.717) is 0 Å². The number of hydrogen-bond donors (Lipinski definition) is 0. The average molecular weight is 354 g/mol. The summed E-state index contributed by atoms with van der Waals surface area (Å²) in [5, 5.41) is 2.49. The zero-order chi connectivity index (χ0) is 18.5. The van der Waals surface area contributed by atoms with E-state index < -0.39 is 0 Å². The van der Waals surface area contributed by atoms with E-state index in [1.807, 2.05) is 12.3 Å². The van der Waals surface area contributed by atoms with E-state index in [2.05, 4.69) is 66.5 Å². The number of aromatic nitrogens is 2. The van der Waals surface area contributed by atoms with Gasteiger partial charge >= 0.3 is 0 Å². The smallest absolute Gasteiger partial charge is 0.0712 e. The zero-order valence-corrected chi connectivity index (χ0v) is 16.0. The molecule has 0 spiro atoms. The molecule has 0 aliphatic rings. The van der Waals surface area contributed by atoms with Crippen molar-refractivity contribution in [2.75, 3.05) is 0 Å². The van der Waals surface area contributed by atoms with E-state index in [0.717, 1.165) is 36.7 Å². The highest BCUT2D eigenvalue weighted by molar-refractivity contribution is 5.94. The van der Waals surface area contributed by atoms with Gasteiger partial charge in [-0.3, -0.25) is 4.98 Å². The van der Waals surface area contributed by atoms with Crippen LogP contribution in [-0.4, -0.2) is 9.97 Å². The number of pyridine rings is 2. The number of fused-ring (bicyclic) bond motifs is 2. The topological polar surface area (TPSA) is 25.8 Å². The van der Waals surface area contributed by atoms with Crippen molar-refractivity contribution < 1.29 is 0 Å². The molecular weight excluding hydrogens is 328 g/mol. The summed E-state index contributed by atoms with van der Waals surface area (Å²) in [4.78, 5) is 9.49. The maximum Gasteiger partial charge on any atom is 0.0712 e. The summed E-state index contributed by atoms with van der Waals surface area (Å²) in [6, 6.07) is 21.5. The van der Waals surface area contributed by atoms with Gasteiger partial charge in [0, 0.05) is 22.7 Å². The summed E-state index contributed by atoms with van der Waals surface area (Å²) in [5.74, 6) is 0. The van der Waals surface area contributed by atoms with Gasteiger partial charge in [-0.2, -0.15) is 0 Å². The van der Waals surface area contributed by atoms with Crippen LogP contribution in [0.1, 0.15) is 43.0 Å². The van der Waals surface area contributed by atoms with Gasteiger partial charge in [0.05, 0.1) is 11.0 Å². The Morgan fingerprint density at radius 3 is 2.48 bits per heavy atom. The third-order valence-corrected chi connectivity index (χ3v) is 5.29. The number of unbranched alkanes of at least 4 members (excludes halogenated alkanes) is 1. The highest BCUT2D eigenvalue weighted by Crippen LogP contribution is 2.24. The second-order valence-electron chi connectivity index (χ2n) is 7.23. The molecule has 0 saturated carbocycles. The number of para-hydroxylation sites is 1. The molecule has 2 aromatic heterocycles. The van der Waals surface area contributed by atoms with E-state index in [1.165, 1.54) is 40.4 Å². The highest BCUT2D eigenvalue weighted by Gasteiger charge is 2.07. The largest absolute Gasteiger partial charge is 0.261 e. The van der Waals surface area contributed by atoms with Gasteiger partial charge in [-0.15, -0.1) is 0 Å². The van der Waals surface area contributed by atoms with E-state index in [4.69, 9.17) is 4.98 Å². The number of nitrogens with zero attached hydrogens (tertiary/aromatic N) is 2. The van der Waals surface area contributed by atoms with Gasteiger partial charge in [-0.1, -0.05) is 49.7 Å². The van der Waals surface area contributed by atoms with Crippen LogP contribution in [0.3, 0.4) is 0 Å². The van der Waals surface area contributed by atoms with Crippen LogP contribution >= 0.6 is 0 Å². The SMILES string of the molecule is CCCCc1cccnc1CCCc1cccc2nc3ccccc3cc12. The van der Waals surface area contributed by atoms with E-state index in [1.54, 1.807) is 0 Å². The Kier molecular flexibility index (Phi) is 5.43. The van der Waals surface area contributed by atoms with E-state index >= 15 is 0 Å². The quantitative estimate of drug-likeness (QED) is 0.364. The lowest BCUT2D eigenvalue weighted by atomic mass is 9.98. The van der Waals surface area contributed by atoms with Gasteiger partial charge in [-0.05, 0) is 67.5 Å². The average Bonchev–Trinajstić information content (AvgIpc) is 2.72. The Hall–Kier alpha value is -2.74. The molecule has 0 N–H and O–H groups in total. The van der Waals surface area contributed by atoms with E-state index in [9.17, 15) is 0 Å². The molecule has 0 saturated heterocycles. The van der Waals surface area contributed by atoms with Crippen LogP contribution in [0, 0.1) is 0 Å². The molecule has 0 amide bonds. The number of aryl methyl sites for hydroxylation is 3. The Morgan fingerprint density at radius 1 is 0.741 bits per heavy atom. The summed E-state index contributed by atoms with van der Waals surface area (Å²) in [6.45, 7) is 2.24. The van der Waals surface area contributed by atoms with Gasteiger partial charge in [0.15, 0.2) is 0 Å². The van der Waals surface area contributed by atoms with Gasteiger partial charge in [-0.25, -0.2) is 4.98 Å². The molecule has 0 aliphatic heterocycles. The molecule has 0 aliphatic carbocycles. The minimum Gasteiger partial charge on any atom is -0.261 e. The van der Waals surface area contributed by atoms with Crippen molar-refractivity contribution in [3.05, 3.63) is 83.7 Å². The second kappa shape index (κ2) is 8.30. The summed E-state index contributed by atoms with van der Waals surface area (Å²) in [6.07, 6.45) is 8.75.